The van der Waals surface area contributed by atoms with Crippen LogP contribution in [0.25, 0.3) is 10.9 Å². The van der Waals surface area contributed by atoms with E-state index in [9.17, 15) is 10.1 Å². The lowest BCUT2D eigenvalue weighted by atomic mass is 10.1. The number of benzene rings is 3. The predicted molar refractivity (Wildman–Crippen MR) is 159 cm³/mol. The largest absolute Gasteiger partial charge is 0.493 e. The van der Waals surface area contributed by atoms with Gasteiger partial charge < -0.3 is 25.6 Å². The number of nitrogens with zero attached hydrogens (tertiary/aromatic N) is 3. The number of aromatic nitrogens is 1. The molecule has 0 bridgehead atoms. The Kier molecular flexibility index (Phi) is 11.6. The summed E-state index contributed by atoms with van der Waals surface area (Å²) in [6, 6.07) is 25.8. The first-order chi connectivity index (χ1) is 19.0. The number of amides is 1. The molecule has 4 rings (SSSR count). The van der Waals surface area contributed by atoms with Crippen molar-refractivity contribution in [3.8, 4) is 11.8 Å². The minimum absolute atomic E-state index is 0.549. The SMILES string of the molecule is CNc1ccc(CCNc2c(C#N)cnc3cc(OCCCN(C)C)ccc23)cc1.O=CNc1ccccc1. The summed E-state index contributed by atoms with van der Waals surface area (Å²) in [5, 5.41) is 19.6. The van der Waals surface area contributed by atoms with Crippen LogP contribution in [0.3, 0.4) is 0 Å². The summed E-state index contributed by atoms with van der Waals surface area (Å²) >= 11 is 0. The third kappa shape index (κ3) is 9.33. The third-order valence-electron chi connectivity index (χ3n) is 5.94. The predicted octanol–water partition coefficient (Wildman–Crippen LogP) is 5.39. The number of nitriles is 1. The van der Waals surface area contributed by atoms with Crippen LogP contribution in [-0.2, 0) is 11.2 Å². The maximum Gasteiger partial charge on any atom is 0.211 e. The van der Waals surface area contributed by atoms with E-state index in [1.54, 1.807) is 6.20 Å². The maximum atomic E-state index is 9.86. The summed E-state index contributed by atoms with van der Waals surface area (Å²) in [7, 11) is 6.02. The van der Waals surface area contributed by atoms with Crippen molar-refractivity contribution < 1.29 is 9.53 Å². The average molecular weight is 525 g/mol. The number of hydrogen-bond donors (Lipinski definition) is 3. The number of anilines is 3. The van der Waals surface area contributed by atoms with Crippen molar-refractivity contribution in [1.29, 1.82) is 5.26 Å². The van der Waals surface area contributed by atoms with E-state index in [1.807, 2.05) is 55.6 Å². The van der Waals surface area contributed by atoms with Crippen molar-refractivity contribution in [2.75, 3.05) is 56.8 Å². The van der Waals surface area contributed by atoms with E-state index < -0.39 is 0 Å². The number of carbonyl (C=O) groups excluding carboxylic acids is 1. The molecule has 0 aliphatic rings. The fourth-order valence-corrected chi connectivity index (χ4v) is 3.88. The van der Waals surface area contributed by atoms with Crippen LogP contribution in [0.1, 0.15) is 17.5 Å². The quantitative estimate of drug-likeness (QED) is 0.169. The van der Waals surface area contributed by atoms with Gasteiger partial charge in [0, 0.05) is 49.2 Å². The van der Waals surface area contributed by atoms with Gasteiger partial charge in [0.1, 0.15) is 11.8 Å². The van der Waals surface area contributed by atoms with Gasteiger partial charge in [-0.15, -0.1) is 0 Å². The first-order valence-electron chi connectivity index (χ1n) is 12.9. The molecule has 0 unspecified atom stereocenters. The lowest BCUT2D eigenvalue weighted by Gasteiger charge is -2.13. The van der Waals surface area contributed by atoms with Gasteiger partial charge in [0.25, 0.3) is 0 Å². The van der Waals surface area contributed by atoms with E-state index in [0.29, 0.717) is 18.6 Å². The molecule has 0 aliphatic heterocycles. The fraction of sp³-hybridized carbons (Fsp3) is 0.258. The molecule has 1 aromatic heterocycles. The van der Waals surface area contributed by atoms with Crippen LogP contribution in [0.15, 0.2) is 79.0 Å². The van der Waals surface area contributed by atoms with E-state index in [0.717, 1.165) is 59.6 Å². The molecule has 3 aromatic carbocycles. The van der Waals surface area contributed by atoms with Crippen molar-refractivity contribution in [2.24, 2.45) is 0 Å². The molecule has 0 saturated heterocycles. The van der Waals surface area contributed by atoms with Crippen LogP contribution < -0.4 is 20.7 Å². The van der Waals surface area contributed by atoms with Crippen molar-refractivity contribution in [2.45, 2.75) is 12.8 Å². The van der Waals surface area contributed by atoms with Crippen LogP contribution in [0.2, 0.25) is 0 Å². The molecular weight excluding hydrogens is 488 g/mol. The van der Waals surface area contributed by atoms with Gasteiger partial charge in [0.2, 0.25) is 6.41 Å². The first-order valence-corrected chi connectivity index (χ1v) is 12.9. The maximum absolute atomic E-state index is 9.86. The van der Waals surface area contributed by atoms with Gasteiger partial charge in [0.15, 0.2) is 0 Å². The monoisotopic (exact) mass is 524 g/mol. The molecule has 0 spiro atoms. The number of hydrogen-bond acceptors (Lipinski definition) is 7. The molecule has 8 heteroatoms. The zero-order valence-electron chi connectivity index (χ0n) is 22.8. The number of nitrogens with one attached hydrogen (secondary N) is 3. The Morgan fingerprint density at radius 1 is 1.03 bits per heavy atom. The molecule has 0 aliphatic carbocycles. The van der Waals surface area contributed by atoms with Crippen LogP contribution in [0.4, 0.5) is 17.1 Å². The Labute approximate surface area is 230 Å². The highest BCUT2D eigenvalue weighted by molar-refractivity contribution is 5.94. The zero-order chi connectivity index (χ0) is 27.9. The highest BCUT2D eigenvalue weighted by Gasteiger charge is 2.10. The van der Waals surface area contributed by atoms with Crippen molar-refractivity contribution in [3.63, 3.8) is 0 Å². The Balaban J connectivity index is 0.000000395. The fourth-order valence-electron chi connectivity index (χ4n) is 3.88. The zero-order valence-corrected chi connectivity index (χ0v) is 22.8. The molecule has 1 amide bonds. The van der Waals surface area contributed by atoms with E-state index >= 15 is 0 Å². The number of ether oxygens (including phenoxy) is 1. The second kappa shape index (κ2) is 15.6. The van der Waals surface area contributed by atoms with E-state index in [4.69, 9.17) is 4.74 Å². The summed E-state index contributed by atoms with van der Waals surface area (Å²) in [6.07, 6.45) is 4.12. The molecule has 0 saturated carbocycles. The number of rotatable bonds is 12. The summed E-state index contributed by atoms with van der Waals surface area (Å²) in [4.78, 5) is 16.5. The normalized spacial score (nSPS) is 10.2. The molecule has 0 radical (unpaired) electrons. The van der Waals surface area contributed by atoms with Gasteiger partial charge in [0.05, 0.1) is 23.4 Å². The van der Waals surface area contributed by atoms with E-state index in [1.165, 1.54) is 5.56 Å². The molecule has 0 atom stereocenters. The summed E-state index contributed by atoms with van der Waals surface area (Å²) in [6.45, 7) is 2.38. The van der Waals surface area contributed by atoms with Gasteiger partial charge >= 0.3 is 0 Å². The van der Waals surface area contributed by atoms with Gasteiger partial charge in [-0.1, -0.05) is 30.3 Å². The van der Waals surface area contributed by atoms with Crippen LogP contribution >= 0.6 is 0 Å². The van der Waals surface area contributed by atoms with Gasteiger partial charge in [-0.2, -0.15) is 5.26 Å². The highest BCUT2D eigenvalue weighted by atomic mass is 16.5. The second-order valence-corrected chi connectivity index (χ2v) is 9.09. The lowest BCUT2D eigenvalue weighted by Crippen LogP contribution is -2.15. The molecule has 1 heterocycles. The van der Waals surface area contributed by atoms with Crippen molar-refractivity contribution >= 4 is 34.4 Å². The summed E-state index contributed by atoms with van der Waals surface area (Å²) in [5.41, 5.74) is 5.36. The average Bonchev–Trinajstić information content (AvgIpc) is 2.96. The van der Waals surface area contributed by atoms with Gasteiger partial charge in [-0.3, -0.25) is 9.78 Å². The first kappa shape index (κ1) is 29.0. The molecular formula is C31H36N6O2. The second-order valence-electron chi connectivity index (χ2n) is 9.09. The molecule has 4 aromatic rings. The molecule has 8 nitrogen and oxygen atoms in total. The Hall–Kier alpha value is -4.61. The van der Waals surface area contributed by atoms with Crippen molar-refractivity contribution in [1.82, 2.24) is 9.88 Å². The summed E-state index contributed by atoms with van der Waals surface area (Å²) < 4.78 is 5.86. The Bertz CT molecular complexity index is 1350. The Morgan fingerprint density at radius 3 is 2.46 bits per heavy atom. The minimum Gasteiger partial charge on any atom is -0.493 e. The highest BCUT2D eigenvalue weighted by Crippen LogP contribution is 2.28. The Morgan fingerprint density at radius 2 is 1.79 bits per heavy atom. The molecule has 39 heavy (non-hydrogen) atoms. The van der Waals surface area contributed by atoms with Gasteiger partial charge in [-0.05, 0) is 68.9 Å². The number of fused-ring (bicyclic) bond motifs is 1. The molecule has 3 N–H and O–H groups in total. The topological polar surface area (TPSA) is 102 Å². The molecule has 0 fully saturated rings. The lowest BCUT2D eigenvalue weighted by molar-refractivity contribution is -0.105. The number of carbonyl (C=O) groups is 1. The van der Waals surface area contributed by atoms with E-state index in [2.05, 4.69) is 70.3 Å². The smallest absolute Gasteiger partial charge is 0.211 e. The van der Waals surface area contributed by atoms with Crippen LogP contribution in [0.5, 0.6) is 5.75 Å². The third-order valence-corrected chi connectivity index (χ3v) is 5.94. The minimum atomic E-state index is 0.549. The van der Waals surface area contributed by atoms with Crippen LogP contribution in [-0.4, -0.2) is 57.1 Å². The molecule has 202 valence electrons. The van der Waals surface area contributed by atoms with E-state index in [-0.39, 0.29) is 0 Å². The number of pyridine rings is 1. The summed E-state index contributed by atoms with van der Waals surface area (Å²) in [5.74, 6) is 0.800. The standard InChI is InChI=1S/C24H29N5O.C7H7NO/c1-26-20-7-5-18(6-8-20)11-12-27-24-19(16-25)17-28-23-15-21(9-10-22(23)24)30-14-4-13-29(2)3;9-6-8-7-4-2-1-3-5-7/h5-10,15,17,26H,4,11-14H2,1-3H3,(H,27,28);1-6H,(H,8,9). The van der Waals surface area contributed by atoms with Crippen molar-refractivity contribution in [3.05, 3.63) is 90.1 Å². The number of para-hydroxylation sites is 1. The van der Waals surface area contributed by atoms with Crippen LogP contribution in [0, 0.1) is 11.3 Å². The van der Waals surface area contributed by atoms with Gasteiger partial charge in [-0.25, -0.2) is 0 Å².